The van der Waals surface area contributed by atoms with Crippen molar-refractivity contribution in [2.24, 2.45) is 11.8 Å². The Kier molecular flexibility index (Phi) is 3.97. The number of rotatable bonds is 2. The summed E-state index contributed by atoms with van der Waals surface area (Å²) in [6, 6.07) is 3.88. The minimum absolute atomic E-state index is 0.0109. The van der Waals surface area contributed by atoms with E-state index in [1.807, 2.05) is 10.6 Å². The number of quaternary nitrogens is 1. The number of carbonyl (C=O) groups excluding carboxylic acids is 1. The molecule has 1 aromatic heterocycles. The molecular weight excluding hydrogens is 290 g/mol. The first-order valence-electron chi connectivity index (χ1n) is 9.08. The number of hydrogen-bond acceptors (Lipinski definition) is 2. The lowest BCUT2D eigenvalue weighted by Gasteiger charge is -2.35. The molecule has 3 heterocycles. The fourth-order valence-corrected chi connectivity index (χ4v) is 4.61. The summed E-state index contributed by atoms with van der Waals surface area (Å²) in [5.41, 5.74) is 1.61. The molecule has 2 atom stereocenters. The van der Waals surface area contributed by atoms with E-state index in [1.54, 1.807) is 0 Å². The zero-order valence-corrected chi connectivity index (χ0v) is 13.6. The van der Waals surface area contributed by atoms with Gasteiger partial charge in [-0.3, -0.25) is 9.59 Å². The van der Waals surface area contributed by atoms with Gasteiger partial charge in [-0.1, -0.05) is 19.3 Å². The molecule has 1 amide bonds. The third-order valence-corrected chi connectivity index (χ3v) is 5.87. The molecule has 1 saturated heterocycles. The number of nitrogens with two attached hydrogens (primary N) is 1. The van der Waals surface area contributed by atoms with E-state index in [0.717, 1.165) is 51.0 Å². The minimum atomic E-state index is -0.0109. The lowest BCUT2D eigenvalue weighted by molar-refractivity contribution is -0.673. The third kappa shape index (κ3) is 2.82. The zero-order chi connectivity index (χ0) is 15.8. The summed E-state index contributed by atoms with van der Waals surface area (Å²) in [5, 5.41) is 5.28. The van der Waals surface area contributed by atoms with Crippen LogP contribution >= 0.6 is 0 Å². The molecule has 1 aliphatic carbocycles. The molecule has 5 heteroatoms. The smallest absolute Gasteiger partial charge is 0.274 e. The first kappa shape index (κ1) is 14.9. The van der Waals surface area contributed by atoms with Crippen molar-refractivity contribution in [1.82, 2.24) is 4.57 Å². The summed E-state index contributed by atoms with van der Waals surface area (Å²) in [6.07, 6.45) is 6.59. The average Bonchev–Trinajstić information content (AvgIpc) is 2.59. The van der Waals surface area contributed by atoms with Gasteiger partial charge >= 0.3 is 0 Å². The van der Waals surface area contributed by atoms with Gasteiger partial charge in [-0.2, -0.15) is 0 Å². The van der Waals surface area contributed by atoms with Crippen LogP contribution in [0.5, 0.6) is 0 Å². The van der Waals surface area contributed by atoms with Gasteiger partial charge in [-0.25, -0.2) is 0 Å². The summed E-state index contributed by atoms with van der Waals surface area (Å²) in [7, 11) is 0. The monoisotopic (exact) mass is 316 g/mol. The summed E-state index contributed by atoms with van der Waals surface area (Å²) >= 11 is 0. The van der Waals surface area contributed by atoms with Crippen molar-refractivity contribution in [3.05, 3.63) is 28.2 Å². The van der Waals surface area contributed by atoms with E-state index in [2.05, 4.69) is 16.7 Å². The van der Waals surface area contributed by atoms with Crippen molar-refractivity contribution < 1.29 is 10.1 Å². The van der Waals surface area contributed by atoms with Crippen LogP contribution in [0, 0.1) is 11.8 Å². The summed E-state index contributed by atoms with van der Waals surface area (Å²) in [4.78, 5) is 25.2. The van der Waals surface area contributed by atoms with Crippen molar-refractivity contribution >= 4 is 11.6 Å². The van der Waals surface area contributed by atoms with E-state index in [0.29, 0.717) is 17.5 Å². The van der Waals surface area contributed by atoms with Crippen LogP contribution in [0.2, 0.25) is 0 Å². The number of amides is 1. The highest BCUT2D eigenvalue weighted by Crippen LogP contribution is 2.30. The van der Waals surface area contributed by atoms with Gasteiger partial charge < -0.3 is 15.2 Å². The summed E-state index contributed by atoms with van der Waals surface area (Å²) < 4.78 is 1.92. The molecule has 23 heavy (non-hydrogen) atoms. The van der Waals surface area contributed by atoms with E-state index >= 15 is 0 Å². The van der Waals surface area contributed by atoms with E-state index in [1.165, 1.54) is 12.8 Å². The fourth-order valence-electron chi connectivity index (χ4n) is 4.61. The van der Waals surface area contributed by atoms with Crippen molar-refractivity contribution in [1.29, 1.82) is 0 Å². The maximum absolute atomic E-state index is 12.8. The maximum atomic E-state index is 12.8. The van der Waals surface area contributed by atoms with Crippen LogP contribution in [-0.2, 0) is 11.3 Å². The molecule has 124 valence electrons. The Morgan fingerprint density at radius 3 is 2.83 bits per heavy atom. The number of carbonyl (C=O) groups is 1. The molecule has 3 N–H and O–H groups in total. The number of nitrogens with one attached hydrogen (secondary N) is 1. The molecule has 0 spiro atoms. The fraction of sp³-hybridized carbons (Fsp3) is 0.667. The molecule has 4 rings (SSSR count). The average molecular weight is 316 g/mol. The lowest BCUT2D eigenvalue weighted by Crippen LogP contribution is -2.89. The Bertz CT molecular complexity index is 661. The van der Waals surface area contributed by atoms with Gasteiger partial charge in [-0.05, 0) is 31.4 Å². The molecule has 2 bridgehead atoms. The molecule has 2 aliphatic heterocycles. The normalized spacial score (nSPS) is 27.3. The molecule has 5 nitrogen and oxygen atoms in total. The molecule has 0 radical (unpaired) electrons. The Hall–Kier alpha value is -1.62. The van der Waals surface area contributed by atoms with Gasteiger partial charge in [0.2, 0.25) is 5.91 Å². The van der Waals surface area contributed by atoms with Gasteiger partial charge in [0, 0.05) is 30.0 Å². The standard InChI is InChI=1S/C18H25N3O2/c22-17(13-4-2-1-3-5-13)20-15-6-7-16-14-8-12(9-19-10-14)11-21(16)18(15)23/h6-7,12-14,19H,1-5,8-11H2,(H,20,22)/p+1/t12-,14+/m0/s1. The summed E-state index contributed by atoms with van der Waals surface area (Å²) in [5.74, 6) is 1.19. The molecule has 1 saturated carbocycles. The first-order valence-corrected chi connectivity index (χ1v) is 9.08. The van der Waals surface area contributed by atoms with Gasteiger partial charge in [-0.15, -0.1) is 0 Å². The Morgan fingerprint density at radius 2 is 2.00 bits per heavy atom. The molecule has 1 aromatic rings. The Morgan fingerprint density at radius 1 is 1.17 bits per heavy atom. The third-order valence-electron chi connectivity index (χ3n) is 5.87. The number of hydrogen-bond donors (Lipinski definition) is 2. The van der Waals surface area contributed by atoms with Crippen molar-refractivity contribution in [3.63, 3.8) is 0 Å². The number of anilines is 1. The highest BCUT2D eigenvalue weighted by atomic mass is 16.2. The van der Waals surface area contributed by atoms with Crippen LogP contribution in [0.25, 0.3) is 0 Å². The molecular formula is C18H26N3O2+. The molecule has 0 unspecified atom stereocenters. The largest absolute Gasteiger partial charge is 0.345 e. The van der Waals surface area contributed by atoms with Gasteiger partial charge in [0.25, 0.3) is 5.56 Å². The Labute approximate surface area is 136 Å². The molecule has 0 aromatic carbocycles. The topological polar surface area (TPSA) is 67.7 Å². The summed E-state index contributed by atoms with van der Waals surface area (Å²) in [6.45, 7) is 2.99. The number of fused-ring (bicyclic) bond motifs is 4. The van der Waals surface area contributed by atoms with E-state index in [9.17, 15) is 9.59 Å². The number of piperidine rings is 1. The van der Waals surface area contributed by atoms with Crippen LogP contribution in [0.15, 0.2) is 16.9 Å². The van der Waals surface area contributed by atoms with Crippen LogP contribution in [-0.4, -0.2) is 23.6 Å². The molecule has 3 aliphatic rings. The van der Waals surface area contributed by atoms with Gasteiger partial charge in [0.05, 0.1) is 13.1 Å². The van der Waals surface area contributed by atoms with Crippen LogP contribution in [0.1, 0.15) is 50.1 Å². The van der Waals surface area contributed by atoms with Crippen LogP contribution in [0.3, 0.4) is 0 Å². The lowest BCUT2D eigenvalue weighted by atomic mass is 9.84. The second-order valence-electron chi connectivity index (χ2n) is 7.47. The van der Waals surface area contributed by atoms with Crippen molar-refractivity contribution in [2.75, 3.05) is 18.4 Å². The van der Waals surface area contributed by atoms with Crippen LogP contribution < -0.4 is 16.2 Å². The van der Waals surface area contributed by atoms with E-state index < -0.39 is 0 Å². The van der Waals surface area contributed by atoms with Gasteiger partial charge in [0.1, 0.15) is 5.69 Å². The van der Waals surface area contributed by atoms with Crippen molar-refractivity contribution in [3.8, 4) is 0 Å². The highest BCUT2D eigenvalue weighted by Gasteiger charge is 2.34. The second-order valence-corrected chi connectivity index (χ2v) is 7.47. The van der Waals surface area contributed by atoms with Crippen LogP contribution in [0.4, 0.5) is 5.69 Å². The predicted molar refractivity (Wildman–Crippen MR) is 88.4 cm³/mol. The van der Waals surface area contributed by atoms with E-state index in [4.69, 9.17) is 0 Å². The first-order chi connectivity index (χ1) is 11.2. The SMILES string of the molecule is O=C(Nc1ccc2n(c1=O)C[C@@H]1C[NH2+]C[C@H]2C1)C1CCCCC1. The number of nitrogens with zero attached hydrogens (tertiary/aromatic N) is 1. The maximum Gasteiger partial charge on any atom is 0.274 e. The number of aromatic nitrogens is 1. The zero-order valence-electron chi connectivity index (χ0n) is 13.6. The minimum Gasteiger partial charge on any atom is -0.345 e. The van der Waals surface area contributed by atoms with Gasteiger partial charge in [0.15, 0.2) is 0 Å². The van der Waals surface area contributed by atoms with E-state index in [-0.39, 0.29) is 17.4 Å². The Balaban J connectivity index is 1.57. The molecule has 2 fully saturated rings. The number of pyridine rings is 1. The highest BCUT2D eigenvalue weighted by molar-refractivity contribution is 5.92. The second kappa shape index (κ2) is 6.11. The predicted octanol–water partition coefficient (Wildman–Crippen LogP) is 1.05. The van der Waals surface area contributed by atoms with Crippen molar-refractivity contribution in [2.45, 2.75) is 51.0 Å². The quantitative estimate of drug-likeness (QED) is 0.856.